The molecule has 0 saturated carbocycles. The number of fused-ring (bicyclic) bond motifs is 1. The number of nitrogens with one attached hydrogen (secondary N) is 3. The van der Waals surface area contributed by atoms with E-state index in [1.807, 2.05) is 49.4 Å². The maximum Gasteiger partial charge on any atom is 0.159 e. The second-order valence-corrected chi connectivity index (χ2v) is 9.94. The summed E-state index contributed by atoms with van der Waals surface area (Å²) < 4.78 is 13.9. The van der Waals surface area contributed by atoms with E-state index in [0.29, 0.717) is 17.4 Å². The van der Waals surface area contributed by atoms with Crippen LogP contribution in [-0.4, -0.2) is 25.1 Å². The summed E-state index contributed by atoms with van der Waals surface area (Å²) in [5.41, 5.74) is 7.33. The first kappa shape index (κ1) is 25.9. The SMILES string of the molecule is C=C(CC(C)C)Nc1cncc(C(=C)/C=c2/c(-c3nc4c(-c5cccc(F)c5)cccc4[nH]3)n[nH]/c2=C/C)c1. The van der Waals surface area contributed by atoms with Crippen LogP contribution in [0.25, 0.3) is 51.4 Å². The van der Waals surface area contributed by atoms with E-state index in [-0.39, 0.29) is 5.82 Å². The maximum absolute atomic E-state index is 13.9. The minimum atomic E-state index is -0.288. The number of rotatable bonds is 8. The molecule has 0 unspecified atom stereocenters. The van der Waals surface area contributed by atoms with Crippen molar-refractivity contribution < 1.29 is 4.39 Å². The van der Waals surface area contributed by atoms with Gasteiger partial charge >= 0.3 is 0 Å². The molecule has 0 fully saturated rings. The third kappa shape index (κ3) is 5.57. The molecule has 39 heavy (non-hydrogen) atoms. The van der Waals surface area contributed by atoms with Gasteiger partial charge in [-0.3, -0.25) is 10.1 Å². The van der Waals surface area contributed by atoms with E-state index < -0.39 is 0 Å². The first-order valence-electron chi connectivity index (χ1n) is 12.9. The molecular formula is C32H31FN6. The van der Waals surface area contributed by atoms with Crippen molar-refractivity contribution in [1.29, 1.82) is 0 Å². The van der Waals surface area contributed by atoms with Crippen LogP contribution in [0.15, 0.2) is 79.8 Å². The summed E-state index contributed by atoms with van der Waals surface area (Å²) >= 11 is 0. The number of para-hydroxylation sites is 1. The van der Waals surface area contributed by atoms with Crippen molar-refractivity contribution in [2.24, 2.45) is 5.92 Å². The molecule has 0 spiro atoms. The number of pyridine rings is 1. The van der Waals surface area contributed by atoms with Crippen LogP contribution in [0.1, 0.15) is 32.8 Å². The van der Waals surface area contributed by atoms with Crippen LogP contribution in [-0.2, 0) is 0 Å². The molecule has 0 atom stereocenters. The Morgan fingerprint density at radius 3 is 2.69 bits per heavy atom. The van der Waals surface area contributed by atoms with E-state index in [4.69, 9.17) is 4.98 Å². The Kier molecular flexibility index (Phi) is 7.23. The molecule has 3 aromatic heterocycles. The van der Waals surface area contributed by atoms with Crippen LogP contribution in [0.3, 0.4) is 0 Å². The fourth-order valence-corrected chi connectivity index (χ4v) is 4.63. The molecule has 196 valence electrons. The number of allylic oxidation sites excluding steroid dienone is 2. The lowest BCUT2D eigenvalue weighted by atomic mass is 10.0. The highest BCUT2D eigenvalue weighted by molar-refractivity contribution is 5.94. The Labute approximate surface area is 226 Å². The van der Waals surface area contributed by atoms with Gasteiger partial charge in [-0.05, 0) is 60.7 Å². The van der Waals surface area contributed by atoms with E-state index >= 15 is 0 Å². The third-order valence-electron chi connectivity index (χ3n) is 6.40. The maximum atomic E-state index is 13.9. The van der Waals surface area contributed by atoms with Gasteiger partial charge in [0.25, 0.3) is 0 Å². The highest BCUT2D eigenvalue weighted by atomic mass is 19.1. The van der Waals surface area contributed by atoms with Crippen LogP contribution in [0.5, 0.6) is 0 Å². The fraction of sp³-hybridized carbons (Fsp3) is 0.156. The lowest BCUT2D eigenvalue weighted by Gasteiger charge is -2.12. The largest absolute Gasteiger partial charge is 0.358 e. The van der Waals surface area contributed by atoms with E-state index in [1.54, 1.807) is 18.5 Å². The number of halogens is 1. The second kappa shape index (κ2) is 10.9. The van der Waals surface area contributed by atoms with Gasteiger partial charge < -0.3 is 10.3 Å². The van der Waals surface area contributed by atoms with Crippen molar-refractivity contribution in [2.45, 2.75) is 27.2 Å². The average molecular weight is 519 g/mol. The van der Waals surface area contributed by atoms with E-state index in [2.05, 4.69) is 52.5 Å². The number of aromatic amines is 2. The van der Waals surface area contributed by atoms with Crippen LogP contribution >= 0.6 is 0 Å². The summed E-state index contributed by atoms with van der Waals surface area (Å²) in [6, 6.07) is 14.4. The van der Waals surface area contributed by atoms with Crippen molar-refractivity contribution in [3.63, 3.8) is 0 Å². The van der Waals surface area contributed by atoms with Crippen molar-refractivity contribution in [3.05, 3.63) is 102 Å². The smallest absolute Gasteiger partial charge is 0.159 e. The summed E-state index contributed by atoms with van der Waals surface area (Å²) in [5, 5.41) is 12.7. The summed E-state index contributed by atoms with van der Waals surface area (Å²) in [6.45, 7) is 14.7. The molecule has 6 nitrogen and oxygen atoms in total. The van der Waals surface area contributed by atoms with Gasteiger partial charge in [-0.1, -0.05) is 57.3 Å². The van der Waals surface area contributed by atoms with Crippen molar-refractivity contribution in [2.75, 3.05) is 5.32 Å². The first-order chi connectivity index (χ1) is 18.8. The standard InChI is InChI=1S/C32H31FN6/c1-6-28-27(14-20(4)23-16-25(18-34-17-23)35-21(5)13-19(2)3)31(39-38-28)32-36-29-12-8-11-26(30(29)37-32)22-9-7-10-24(33)15-22/h6-12,14-19,35,38H,4-5,13H2,1-3H3,(H,36,37)/b27-14+,28-6+. The number of H-pyrrole nitrogens is 2. The van der Waals surface area contributed by atoms with Gasteiger partial charge in [0, 0.05) is 28.2 Å². The van der Waals surface area contributed by atoms with Crippen molar-refractivity contribution in [1.82, 2.24) is 25.1 Å². The number of benzene rings is 2. The number of nitrogens with zero attached hydrogens (tertiary/aromatic N) is 3. The van der Waals surface area contributed by atoms with Gasteiger partial charge in [0.2, 0.25) is 0 Å². The number of anilines is 1. The summed E-state index contributed by atoms with van der Waals surface area (Å²) in [7, 11) is 0. The van der Waals surface area contributed by atoms with E-state index in [1.165, 1.54) is 12.1 Å². The molecule has 0 saturated heterocycles. The Balaban J connectivity index is 1.54. The Bertz CT molecular complexity index is 1810. The quantitative estimate of drug-likeness (QED) is 0.221. The van der Waals surface area contributed by atoms with Gasteiger partial charge in [-0.15, -0.1) is 0 Å². The van der Waals surface area contributed by atoms with Crippen LogP contribution in [0.4, 0.5) is 10.1 Å². The van der Waals surface area contributed by atoms with Crippen molar-refractivity contribution >= 4 is 34.4 Å². The predicted octanol–water partition coefficient (Wildman–Crippen LogP) is 6.42. The van der Waals surface area contributed by atoms with Crippen LogP contribution < -0.4 is 15.9 Å². The van der Waals surface area contributed by atoms with Crippen LogP contribution in [0, 0.1) is 11.7 Å². The molecule has 0 aliphatic heterocycles. The number of hydrogen-bond donors (Lipinski definition) is 3. The molecular weight excluding hydrogens is 487 g/mol. The zero-order valence-electron chi connectivity index (χ0n) is 22.3. The molecule has 0 amide bonds. The highest BCUT2D eigenvalue weighted by Gasteiger charge is 2.14. The zero-order valence-corrected chi connectivity index (χ0v) is 22.3. The Morgan fingerprint density at radius 1 is 1.10 bits per heavy atom. The summed E-state index contributed by atoms with van der Waals surface area (Å²) in [5.74, 6) is 0.829. The molecule has 7 heteroatoms. The normalized spacial score (nSPS) is 12.4. The summed E-state index contributed by atoms with van der Waals surface area (Å²) in [4.78, 5) is 12.7. The van der Waals surface area contributed by atoms with Gasteiger partial charge in [-0.25, -0.2) is 9.37 Å². The third-order valence-corrected chi connectivity index (χ3v) is 6.40. The fourth-order valence-electron chi connectivity index (χ4n) is 4.63. The molecule has 0 radical (unpaired) electrons. The topological polar surface area (TPSA) is 82.3 Å². The lowest BCUT2D eigenvalue weighted by molar-refractivity contribution is 0.628. The van der Waals surface area contributed by atoms with Crippen molar-refractivity contribution in [3.8, 4) is 22.6 Å². The van der Waals surface area contributed by atoms with E-state index in [9.17, 15) is 4.39 Å². The summed E-state index contributed by atoms with van der Waals surface area (Å²) in [6.07, 6.45) is 8.39. The molecule has 0 bridgehead atoms. The van der Waals surface area contributed by atoms with Crippen LogP contribution in [0.2, 0.25) is 0 Å². The minimum Gasteiger partial charge on any atom is -0.358 e. The first-order valence-corrected chi connectivity index (χ1v) is 12.9. The number of imidazole rings is 1. The van der Waals surface area contributed by atoms with Gasteiger partial charge in [0.05, 0.1) is 28.3 Å². The molecule has 3 N–H and O–H groups in total. The van der Waals surface area contributed by atoms with Gasteiger partial charge in [-0.2, -0.15) is 5.10 Å². The molecule has 0 aliphatic rings. The molecule has 0 aliphatic carbocycles. The number of aromatic nitrogens is 5. The van der Waals surface area contributed by atoms with Gasteiger partial charge in [0.1, 0.15) is 11.5 Å². The molecule has 3 heterocycles. The van der Waals surface area contributed by atoms with Gasteiger partial charge in [0.15, 0.2) is 5.82 Å². The second-order valence-electron chi connectivity index (χ2n) is 9.94. The highest BCUT2D eigenvalue weighted by Crippen LogP contribution is 2.29. The minimum absolute atomic E-state index is 0.288. The number of hydrogen-bond acceptors (Lipinski definition) is 4. The Hall–Kier alpha value is -4.78. The lowest BCUT2D eigenvalue weighted by Crippen LogP contribution is -2.23. The Morgan fingerprint density at radius 2 is 1.92 bits per heavy atom. The van der Waals surface area contributed by atoms with E-state index in [0.717, 1.165) is 61.7 Å². The monoisotopic (exact) mass is 518 g/mol. The molecule has 2 aromatic carbocycles. The zero-order chi connectivity index (χ0) is 27.5. The molecule has 5 rings (SSSR count). The predicted molar refractivity (Wildman–Crippen MR) is 158 cm³/mol. The average Bonchev–Trinajstić information content (AvgIpc) is 3.51. The molecule has 5 aromatic rings.